The normalized spacial score (nSPS) is 10.7. The third kappa shape index (κ3) is 3.88. The Hall–Kier alpha value is -1.73. The summed E-state index contributed by atoms with van der Waals surface area (Å²) < 4.78 is 2.47. The molecule has 1 aromatic heterocycles. The van der Waals surface area contributed by atoms with Gasteiger partial charge < -0.3 is 5.32 Å². The zero-order valence-electron chi connectivity index (χ0n) is 11.0. The van der Waals surface area contributed by atoms with Gasteiger partial charge in [0.05, 0.1) is 11.1 Å². The topological polar surface area (TPSA) is 73.0 Å². The summed E-state index contributed by atoms with van der Waals surface area (Å²) in [5, 5.41) is 18.3. The van der Waals surface area contributed by atoms with Gasteiger partial charge in [-0.05, 0) is 30.7 Å². The number of aryl methyl sites for hydroxylation is 1. The standard InChI is InChI=1S/C13H15BrN4O2/c1-17-9-10(7-16-17)4-5-15-8-11-2-3-12(14)6-13(11)18(19)20/h2-3,6-7,9,15H,4-5,8H2,1H3. The predicted octanol–water partition coefficient (Wildman–Crippen LogP) is 2.42. The number of aromatic nitrogens is 2. The molecule has 0 radical (unpaired) electrons. The molecule has 0 atom stereocenters. The van der Waals surface area contributed by atoms with E-state index in [2.05, 4.69) is 26.3 Å². The summed E-state index contributed by atoms with van der Waals surface area (Å²) in [7, 11) is 1.88. The fourth-order valence-corrected chi connectivity index (χ4v) is 2.26. The quantitative estimate of drug-likeness (QED) is 0.498. The summed E-state index contributed by atoms with van der Waals surface area (Å²) >= 11 is 3.25. The Kier molecular flexibility index (Phi) is 4.86. The van der Waals surface area contributed by atoms with Crippen molar-refractivity contribution in [1.29, 1.82) is 0 Å². The number of nitrogens with zero attached hydrogens (tertiary/aromatic N) is 3. The van der Waals surface area contributed by atoms with Crippen LogP contribution in [-0.4, -0.2) is 21.2 Å². The second kappa shape index (κ2) is 6.62. The van der Waals surface area contributed by atoms with Gasteiger partial charge in [-0.2, -0.15) is 5.10 Å². The first kappa shape index (κ1) is 14.7. The van der Waals surface area contributed by atoms with Crippen molar-refractivity contribution in [1.82, 2.24) is 15.1 Å². The number of hydrogen-bond acceptors (Lipinski definition) is 4. The summed E-state index contributed by atoms with van der Waals surface area (Å²) in [6.45, 7) is 1.22. The first-order valence-electron chi connectivity index (χ1n) is 6.17. The van der Waals surface area contributed by atoms with Crippen molar-refractivity contribution in [2.75, 3.05) is 6.54 Å². The van der Waals surface area contributed by atoms with Crippen LogP contribution in [-0.2, 0) is 20.0 Å². The van der Waals surface area contributed by atoms with Crippen LogP contribution in [0.25, 0.3) is 0 Å². The van der Waals surface area contributed by atoms with Crippen molar-refractivity contribution in [3.05, 3.63) is 56.3 Å². The highest BCUT2D eigenvalue weighted by atomic mass is 79.9. The highest BCUT2D eigenvalue weighted by Gasteiger charge is 2.13. The van der Waals surface area contributed by atoms with Gasteiger partial charge in [-0.25, -0.2) is 0 Å². The summed E-state index contributed by atoms with van der Waals surface area (Å²) in [6.07, 6.45) is 4.63. The van der Waals surface area contributed by atoms with E-state index in [-0.39, 0.29) is 10.6 Å². The molecule has 0 aliphatic carbocycles. The average molecular weight is 339 g/mol. The first-order valence-corrected chi connectivity index (χ1v) is 6.96. The molecular formula is C13H15BrN4O2. The SMILES string of the molecule is Cn1cc(CCNCc2ccc(Br)cc2[N+](=O)[O-])cn1. The fourth-order valence-electron chi connectivity index (χ4n) is 1.91. The molecule has 0 spiro atoms. The Bertz CT molecular complexity index is 612. The molecule has 0 bridgehead atoms. The van der Waals surface area contributed by atoms with E-state index in [0.717, 1.165) is 18.5 Å². The van der Waals surface area contributed by atoms with E-state index in [0.29, 0.717) is 16.6 Å². The Labute approximate surface area is 125 Å². The lowest BCUT2D eigenvalue weighted by Crippen LogP contribution is -2.17. The van der Waals surface area contributed by atoms with Gasteiger partial charge in [0.1, 0.15) is 0 Å². The summed E-state index contributed by atoms with van der Waals surface area (Å²) in [5.74, 6) is 0. The molecule has 1 heterocycles. The van der Waals surface area contributed by atoms with Gasteiger partial charge in [-0.15, -0.1) is 0 Å². The maximum Gasteiger partial charge on any atom is 0.275 e. The highest BCUT2D eigenvalue weighted by molar-refractivity contribution is 9.10. The Morgan fingerprint density at radius 1 is 1.50 bits per heavy atom. The third-order valence-electron chi connectivity index (χ3n) is 2.91. The lowest BCUT2D eigenvalue weighted by atomic mass is 10.2. The molecule has 2 aromatic rings. The van der Waals surface area contributed by atoms with Crippen LogP contribution in [0.2, 0.25) is 0 Å². The maximum absolute atomic E-state index is 11.0. The van der Waals surface area contributed by atoms with E-state index in [1.165, 1.54) is 6.07 Å². The third-order valence-corrected chi connectivity index (χ3v) is 3.40. The van der Waals surface area contributed by atoms with Crippen LogP contribution < -0.4 is 5.32 Å². The van der Waals surface area contributed by atoms with Gasteiger partial charge in [0.2, 0.25) is 0 Å². The lowest BCUT2D eigenvalue weighted by molar-refractivity contribution is -0.385. The molecule has 0 amide bonds. The molecule has 0 aliphatic heterocycles. The van der Waals surface area contributed by atoms with Crippen LogP contribution in [0.5, 0.6) is 0 Å². The second-order valence-electron chi connectivity index (χ2n) is 4.48. The zero-order chi connectivity index (χ0) is 14.5. The van der Waals surface area contributed by atoms with Gasteiger partial charge in [0, 0.05) is 35.9 Å². The van der Waals surface area contributed by atoms with Crippen molar-refractivity contribution >= 4 is 21.6 Å². The number of nitro benzene ring substituents is 1. The Morgan fingerprint density at radius 2 is 2.30 bits per heavy atom. The van der Waals surface area contributed by atoms with Crippen LogP contribution in [0.1, 0.15) is 11.1 Å². The van der Waals surface area contributed by atoms with Crippen molar-refractivity contribution in [3.63, 3.8) is 0 Å². The van der Waals surface area contributed by atoms with E-state index < -0.39 is 0 Å². The molecule has 7 heteroatoms. The number of nitrogens with one attached hydrogen (secondary N) is 1. The van der Waals surface area contributed by atoms with E-state index in [1.807, 2.05) is 25.5 Å². The van der Waals surface area contributed by atoms with Gasteiger partial charge in [0.15, 0.2) is 0 Å². The van der Waals surface area contributed by atoms with E-state index in [4.69, 9.17) is 0 Å². The van der Waals surface area contributed by atoms with Gasteiger partial charge >= 0.3 is 0 Å². The lowest BCUT2D eigenvalue weighted by Gasteiger charge is -2.05. The Balaban J connectivity index is 1.89. The van der Waals surface area contributed by atoms with Gasteiger partial charge in [-0.3, -0.25) is 14.8 Å². The minimum Gasteiger partial charge on any atom is -0.312 e. The second-order valence-corrected chi connectivity index (χ2v) is 5.39. The van der Waals surface area contributed by atoms with Crippen LogP contribution >= 0.6 is 15.9 Å². The minimum absolute atomic E-state index is 0.133. The molecule has 0 fully saturated rings. The number of halogens is 1. The molecule has 0 saturated carbocycles. The average Bonchev–Trinajstić information content (AvgIpc) is 2.81. The molecule has 20 heavy (non-hydrogen) atoms. The van der Waals surface area contributed by atoms with Crippen molar-refractivity contribution in [3.8, 4) is 0 Å². The van der Waals surface area contributed by atoms with E-state index in [9.17, 15) is 10.1 Å². The van der Waals surface area contributed by atoms with Gasteiger partial charge in [0.25, 0.3) is 5.69 Å². The molecule has 1 N–H and O–H groups in total. The fraction of sp³-hybridized carbons (Fsp3) is 0.308. The van der Waals surface area contributed by atoms with Crippen LogP contribution in [0.3, 0.4) is 0 Å². The summed E-state index contributed by atoms with van der Waals surface area (Å²) in [4.78, 5) is 10.6. The van der Waals surface area contributed by atoms with Crippen molar-refractivity contribution < 1.29 is 4.92 Å². The van der Waals surface area contributed by atoms with E-state index in [1.54, 1.807) is 10.7 Å². The van der Waals surface area contributed by atoms with E-state index >= 15 is 0 Å². The molecule has 2 rings (SSSR count). The monoisotopic (exact) mass is 338 g/mol. The minimum atomic E-state index is -0.358. The number of benzene rings is 1. The van der Waals surface area contributed by atoms with Crippen LogP contribution in [0.4, 0.5) is 5.69 Å². The number of nitro groups is 1. The number of rotatable bonds is 6. The summed E-state index contributed by atoms with van der Waals surface area (Å²) in [6, 6.07) is 5.10. The number of hydrogen-bond donors (Lipinski definition) is 1. The highest BCUT2D eigenvalue weighted by Crippen LogP contribution is 2.23. The molecule has 6 nitrogen and oxygen atoms in total. The first-order chi connectivity index (χ1) is 9.56. The molecule has 0 unspecified atom stereocenters. The smallest absolute Gasteiger partial charge is 0.275 e. The summed E-state index contributed by atoms with van der Waals surface area (Å²) in [5.41, 5.74) is 1.96. The van der Waals surface area contributed by atoms with Crippen LogP contribution in [0.15, 0.2) is 35.1 Å². The maximum atomic E-state index is 11.0. The van der Waals surface area contributed by atoms with Crippen molar-refractivity contribution in [2.45, 2.75) is 13.0 Å². The van der Waals surface area contributed by atoms with Crippen LogP contribution in [0, 0.1) is 10.1 Å². The molecule has 0 aliphatic rings. The zero-order valence-corrected chi connectivity index (χ0v) is 12.6. The predicted molar refractivity (Wildman–Crippen MR) is 79.4 cm³/mol. The molecular weight excluding hydrogens is 324 g/mol. The van der Waals surface area contributed by atoms with Gasteiger partial charge in [-0.1, -0.05) is 15.9 Å². The molecule has 106 valence electrons. The van der Waals surface area contributed by atoms with Crippen molar-refractivity contribution in [2.24, 2.45) is 7.05 Å². The Morgan fingerprint density at radius 3 is 2.95 bits per heavy atom. The largest absolute Gasteiger partial charge is 0.312 e. The molecule has 0 saturated heterocycles. The molecule has 1 aromatic carbocycles.